The van der Waals surface area contributed by atoms with E-state index in [2.05, 4.69) is 4.98 Å². The Hall–Kier alpha value is -2.11. The van der Waals surface area contributed by atoms with Gasteiger partial charge in [-0.25, -0.2) is 4.98 Å². The average Bonchev–Trinajstić information content (AvgIpc) is 2.84. The molecule has 0 fully saturated rings. The molecule has 3 rings (SSSR count). The zero-order valence-corrected chi connectivity index (χ0v) is 11.7. The Morgan fingerprint density at radius 1 is 1.30 bits per heavy atom. The largest absolute Gasteiger partial charge is 0.506 e. The van der Waals surface area contributed by atoms with Gasteiger partial charge in [0.15, 0.2) is 0 Å². The molecule has 2 aromatic carbocycles. The van der Waals surface area contributed by atoms with Crippen LogP contribution in [0.15, 0.2) is 36.4 Å². The van der Waals surface area contributed by atoms with Crippen LogP contribution in [0, 0.1) is 0 Å². The number of nitrogens with zero attached hydrogens (tertiary/aromatic N) is 1. The van der Waals surface area contributed by atoms with E-state index >= 15 is 0 Å². The number of fused-ring (bicyclic) bond motifs is 1. The summed E-state index contributed by atoms with van der Waals surface area (Å²) >= 11 is 7.34. The van der Waals surface area contributed by atoms with Crippen LogP contribution in [0.2, 0.25) is 5.02 Å². The summed E-state index contributed by atoms with van der Waals surface area (Å²) < 4.78 is 0.988. The first-order valence-corrected chi connectivity index (χ1v) is 6.94. The standard InChI is InChI=1S/C14H9ClN2O2S/c15-9-6-7(13(16)19)5-8(12(9)18)14-17-10-3-1-2-4-11(10)20-14/h1-6,18H,(H2,16,19). The lowest BCUT2D eigenvalue weighted by atomic mass is 10.1. The minimum absolute atomic E-state index is 0.0792. The molecule has 0 aliphatic rings. The Kier molecular flexibility index (Phi) is 3.08. The van der Waals surface area contributed by atoms with E-state index in [1.54, 1.807) is 0 Å². The van der Waals surface area contributed by atoms with E-state index in [4.69, 9.17) is 17.3 Å². The fourth-order valence-corrected chi connectivity index (χ4v) is 3.09. The molecule has 0 aliphatic heterocycles. The number of phenols is 1. The second-order valence-corrected chi connectivity index (χ2v) is 5.64. The van der Waals surface area contributed by atoms with Crippen LogP contribution in [0.3, 0.4) is 0 Å². The molecule has 0 unspecified atom stereocenters. The van der Waals surface area contributed by atoms with Crippen molar-refractivity contribution >= 4 is 39.1 Å². The number of primary amides is 1. The zero-order valence-electron chi connectivity index (χ0n) is 10.1. The lowest BCUT2D eigenvalue weighted by Gasteiger charge is -2.05. The number of nitrogens with two attached hydrogens (primary N) is 1. The van der Waals surface area contributed by atoms with E-state index in [9.17, 15) is 9.90 Å². The van der Waals surface area contributed by atoms with Gasteiger partial charge in [-0.15, -0.1) is 11.3 Å². The summed E-state index contributed by atoms with van der Waals surface area (Å²) in [6, 6.07) is 10.5. The predicted molar refractivity (Wildman–Crippen MR) is 80.2 cm³/mol. The van der Waals surface area contributed by atoms with Crippen LogP contribution in [0.4, 0.5) is 0 Å². The number of hydrogen-bond acceptors (Lipinski definition) is 4. The Labute approximate surface area is 123 Å². The smallest absolute Gasteiger partial charge is 0.248 e. The topological polar surface area (TPSA) is 76.2 Å². The van der Waals surface area contributed by atoms with Gasteiger partial charge in [0.1, 0.15) is 10.8 Å². The number of aromatic nitrogens is 1. The van der Waals surface area contributed by atoms with Crippen LogP contribution in [0.25, 0.3) is 20.8 Å². The molecule has 0 spiro atoms. The average molecular weight is 305 g/mol. The Morgan fingerprint density at radius 2 is 2.05 bits per heavy atom. The van der Waals surface area contributed by atoms with Crippen molar-refractivity contribution in [3.8, 4) is 16.3 Å². The predicted octanol–water partition coefficient (Wildman–Crippen LogP) is 3.42. The summed E-state index contributed by atoms with van der Waals surface area (Å²) in [7, 11) is 0. The van der Waals surface area contributed by atoms with Crippen molar-refractivity contribution in [2.45, 2.75) is 0 Å². The summed E-state index contributed by atoms with van der Waals surface area (Å²) in [6.45, 7) is 0. The van der Waals surface area contributed by atoms with Crippen LogP contribution >= 0.6 is 22.9 Å². The minimum atomic E-state index is -0.603. The van der Waals surface area contributed by atoms with Gasteiger partial charge in [0.2, 0.25) is 5.91 Å². The fourth-order valence-electron chi connectivity index (χ4n) is 1.89. The van der Waals surface area contributed by atoms with Gasteiger partial charge in [0.05, 0.1) is 20.8 Å². The van der Waals surface area contributed by atoms with Gasteiger partial charge in [-0.2, -0.15) is 0 Å². The fraction of sp³-hybridized carbons (Fsp3) is 0. The molecule has 0 atom stereocenters. The molecule has 3 aromatic rings. The van der Waals surface area contributed by atoms with Gasteiger partial charge in [-0.05, 0) is 24.3 Å². The third-order valence-corrected chi connectivity index (χ3v) is 4.23. The van der Waals surface area contributed by atoms with Crippen molar-refractivity contribution in [3.05, 3.63) is 47.0 Å². The summed E-state index contributed by atoms with van der Waals surface area (Å²) in [5, 5.41) is 10.7. The number of rotatable bonds is 2. The molecule has 0 saturated carbocycles. The maximum Gasteiger partial charge on any atom is 0.248 e. The molecular formula is C14H9ClN2O2S. The number of aromatic hydroxyl groups is 1. The van der Waals surface area contributed by atoms with Gasteiger partial charge in [-0.3, -0.25) is 4.79 Å². The normalized spacial score (nSPS) is 10.8. The summed E-state index contributed by atoms with van der Waals surface area (Å²) in [4.78, 5) is 15.7. The SMILES string of the molecule is NC(=O)c1cc(Cl)c(O)c(-c2nc3ccccc3s2)c1. The van der Waals surface area contributed by atoms with E-state index in [1.165, 1.54) is 23.5 Å². The first-order valence-electron chi connectivity index (χ1n) is 5.74. The monoisotopic (exact) mass is 304 g/mol. The highest BCUT2D eigenvalue weighted by Crippen LogP contribution is 2.39. The molecule has 6 heteroatoms. The number of carbonyl (C=O) groups is 1. The van der Waals surface area contributed by atoms with Crippen LogP contribution < -0.4 is 5.73 Å². The molecule has 20 heavy (non-hydrogen) atoms. The number of carbonyl (C=O) groups excluding carboxylic acids is 1. The molecule has 4 nitrogen and oxygen atoms in total. The Bertz CT molecular complexity index is 796. The van der Waals surface area contributed by atoms with E-state index in [0.29, 0.717) is 10.6 Å². The number of halogens is 1. The highest BCUT2D eigenvalue weighted by atomic mass is 35.5. The van der Waals surface area contributed by atoms with Crippen molar-refractivity contribution in [3.63, 3.8) is 0 Å². The van der Waals surface area contributed by atoms with Crippen LogP contribution in [0.5, 0.6) is 5.75 Å². The highest BCUT2D eigenvalue weighted by Gasteiger charge is 2.16. The van der Waals surface area contributed by atoms with Gasteiger partial charge in [0, 0.05) is 5.56 Å². The number of amides is 1. The van der Waals surface area contributed by atoms with E-state index < -0.39 is 5.91 Å². The molecule has 0 radical (unpaired) electrons. The van der Waals surface area contributed by atoms with Crippen molar-refractivity contribution in [2.24, 2.45) is 5.73 Å². The van der Waals surface area contributed by atoms with Gasteiger partial charge in [-0.1, -0.05) is 23.7 Å². The number of phenolic OH excluding ortho intramolecular Hbond substituents is 1. The number of thiazole rings is 1. The molecule has 0 saturated heterocycles. The lowest BCUT2D eigenvalue weighted by molar-refractivity contribution is 0.100. The summed E-state index contributed by atoms with van der Waals surface area (Å²) in [5.74, 6) is -0.704. The molecule has 1 heterocycles. The second kappa shape index (κ2) is 4.77. The third kappa shape index (κ3) is 2.11. The number of para-hydroxylation sites is 1. The van der Waals surface area contributed by atoms with Crippen molar-refractivity contribution < 1.29 is 9.90 Å². The highest BCUT2D eigenvalue weighted by molar-refractivity contribution is 7.21. The van der Waals surface area contributed by atoms with Gasteiger partial charge in [0.25, 0.3) is 0 Å². The van der Waals surface area contributed by atoms with Crippen molar-refractivity contribution in [1.29, 1.82) is 0 Å². The molecule has 1 amide bonds. The quantitative estimate of drug-likeness (QED) is 0.761. The molecule has 1 aromatic heterocycles. The van der Waals surface area contributed by atoms with Crippen LogP contribution in [-0.4, -0.2) is 16.0 Å². The Morgan fingerprint density at radius 3 is 2.75 bits per heavy atom. The van der Waals surface area contributed by atoms with Crippen LogP contribution in [0.1, 0.15) is 10.4 Å². The summed E-state index contributed by atoms with van der Waals surface area (Å²) in [5.41, 5.74) is 6.73. The lowest BCUT2D eigenvalue weighted by Crippen LogP contribution is -2.10. The second-order valence-electron chi connectivity index (χ2n) is 4.21. The molecule has 0 bridgehead atoms. The molecular weight excluding hydrogens is 296 g/mol. The van der Waals surface area contributed by atoms with Crippen molar-refractivity contribution in [1.82, 2.24) is 4.98 Å². The first-order chi connectivity index (χ1) is 9.56. The Balaban J connectivity index is 2.24. The van der Waals surface area contributed by atoms with E-state index in [0.717, 1.165) is 10.2 Å². The van der Waals surface area contributed by atoms with Crippen LogP contribution in [-0.2, 0) is 0 Å². The maximum absolute atomic E-state index is 11.3. The molecule has 0 aliphatic carbocycles. The van der Waals surface area contributed by atoms with Gasteiger partial charge >= 0.3 is 0 Å². The van der Waals surface area contributed by atoms with E-state index in [1.807, 2.05) is 24.3 Å². The molecule has 100 valence electrons. The first kappa shape index (κ1) is 12.9. The maximum atomic E-state index is 11.3. The molecule has 3 N–H and O–H groups in total. The zero-order chi connectivity index (χ0) is 14.3. The third-order valence-electron chi connectivity index (χ3n) is 2.87. The van der Waals surface area contributed by atoms with E-state index in [-0.39, 0.29) is 16.3 Å². The minimum Gasteiger partial charge on any atom is -0.506 e. The van der Waals surface area contributed by atoms with Crippen molar-refractivity contribution in [2.75, 3.05) is 0 Å². The number of hydrogen-bond donors (Lipinski definition) is 2. The number of benzene rings is 2. The van der Waals surface area contributed by atoms with Gasteiger partial charge < -0.3 is 10.8 Å². The summed E-state index contributed by atoms with van der Waals surface area (Å²) in [6.07, 6.45) is 0.